The second-order valence-corrected chi connectivity index (χ2v) is 6.86. The zero-order valence-electron chi connectivity index (χ0n) is 14.9. The van der Waals surface area contributed by atoms with Crippen LogP contribution in [-0.2, 0) is 4.74 Å². The Morgan fingerprint density at radius 3 is 2.48 bits per heavy atom. The number of hydrogen-bond acceptors (Lipinski definition) is 5. The lowest BCUT2D eigenvalue weighted by atomic mass is 10.1. The molecule has 0 aliphatic rings. The molecular weight excluding hydrogens is 391 g/mol. The summed E-state index contributed by atoms with van der Waals surface area (Å²) in [7, 11) is 0. The highest BCUT2D eigenvalue weighted by molar-refractivity contribution is 6.42. The number of halogens is 2. The van der Waals surface area contributed by atoms with Crippen molar-refractivity contribution >= 4 is 35.0 Å². The van der Waals surface area contributed by atoms with E-state index in [1.165, 1.54) is 18.2 Å². The Morgan fingerprint density at radius 2 is 1.85 bits per heavy atom. The highest BCUT2D eigenvalue weighted by atomic mass is 35.5. The molecule has 0 spiro atoms. The van der Waals surface area contributed by atoms with E-state index in [-0.39, 0.29) is 23.0 Å². The number of ketones is 1. The highest BCUT2D eigenvalue weighted by Gasteiger charge is 2.20. The van der Waals surface area contributed by atoms with Crippen LogP contribution in [0, 0.1) is 20.8 Å². The topological polar surface area (TPSA) is 74.3 Å². The number of Topliss-reactive ketones (excluding diaryl/α,β-unsaturated/α-hetero) is 1. The lowest BCUT2D eigenvalue weighted by molar-refractivity contribution is 0.0474. The Labute approximate surface area is 165 Å². The van der Waals surface area contributed by atoms with E-state index in [1.807, 2.05) is 11.5 Å². The third-order valence-corrected chi connectivity index (χ3v) is 4.80. The van der Waals surface area contributed by atoms with Crippen molar-refractivity contribution in [2.45, 2.75) is 20.8 Å². The first-order valence-electron chi connectivity index (χ1n) is 8.06. The van der Waals surface area contributed by atoms with Crippen LogP contribution in [0.15, 0.2) is 34.9 Å². The molecule has 0 aliphatic carbocycles. The normalized spacial score (nSPS) is 10.9. The monoisotopic (exact) mass is 406 g/mol. The van der Waals surface area contributed by atoms with Gasteiger partial charge in [-0.15, -0.1) is 0 Å². The van der Waals surface area contributed by atoms with Gasteiger partial charge in [0.25, 0.3) is 0 Å². The van der Waals surface area contributed by atoms with Crippen LogP contribution in [0.3, 0.4) is 0 Å². The summed E-state index contributed by atoms with van der Waals surface area (Å²) in [6.07, 6.45) is 0. The van der Waals surface area contributed by atoms with Gasteiger partial charge in [-0.05, 0) is 45.0 Å². The van der Waals surface area contributed by atoms with Crippen molar-refractivity contribution in [2.75, 3.05) is 6.61 Å². The molecule has 2 aromatic heterocycles. The van der Waals surface area contributed by atoms with Gasteiger partial charge in [0.15, 0.2) is 12.4 Å². The van der Waals surface area contributed by atoms with Crippen LogP contribution in [0.1, 0.15) is 37.9 Å². The van der Waals surface area contributed by atoms with Crippen molar-refractivity contribution in [3.05, 3.63) is 68.7 Å². The predicted molar refractivity (Wildman–Crippen MR) is 101 cm³/mol. The maximum Gasteiger partial charge on any atom is 0.338 e. The number of ether oxygens (including phenoxy) is 1. The van der Waals surface area contributed by atoms with Gasteiger partial charge in [-0.2, -0.15) is 0 Å². The third kappa shape index (κ3) is 3.91. The molecule has 0 saturated carbocycles. The number of carbonyl (C=O) groups is 2. The maximum atomic E-state index is 12.5. The zero-order chi connectivity index (χ0) is 19.7. The van der Waals surface area contributed by atoms with E-state index in [0.717, 1.165) is 5.69 Å². The lowest BCUT2D eigenvalue weighted by Crippen LogP contribution is -2.15. The van der Waals surface area contributed by atoms with Crippen LogP contribution in [0.25, 0.3) is 5.82 Å². The average Bonchev–Trinajstić information content (AvgIpc) is 3.17. The van der Waals surface area contributed by atoms with Gasteiger partial charge in [0.05, 0.1) is 15.6 Å². The number of hydrogen-bond donors (Lipinski definition) is 0. The second-order valence-electron chi connectivity index (χ2n) is 6.04. The summed E-state index contributed by atoms with van der Waals surface area (Å²) in [5.41, 5.74) is 2.19. The molecule has 2 heterocycles. The molecule has 0 atom stereocenters. The summed E-state index contributed by atoms with van der Waals surface area (Å²) in [6.45, 7) is 5.06. The SMILES string of the molecule is Cc1cc(-n2c(C)cc(C(=O)COC(=O)c3ccc(Cl)c(Cl)c3)c2C)no1. The summed E-state index contributed by atoms with van der Waals surface area (Å²) in [5, 5.41) is 4.55. The Morgan fingerprint density at radius 1 is 1.11 bits per heavy atom. The molecule has 6 nitrogen and oxygen atoms in total. The van der Waals surface area contributed by atoms with Gasteiger partial charge < -0.3 is 9.26 Å². The van der Waals surface area contributed by atoms with E-state index < -0.39 is 5.97 Å². The van der Waals surface area contributed by atoms with Crippen molar-refractivity contribution in [1.82, 2.24) is 9.72 Å². The molecule has 0 amide bonds. The van der Waals surface area contributed by atoms with Crippen molar-refractivity contribution in [3.8, 4) is 5.82 Å². The van der Waals surface area contributed by atoms with Gasteiger partial charge in [-0.25, -0.2) is 4.79 Å². The summed E-state index contributed by atoms with van der Waals surface area (Å²) < 4.78 is 12.0. The minimum Gasteiger partial charge on any atom is -0.454 e. The summed E-state index contributed by atoms with van der Waals surface area (Å²) in [6, 6.07) is 7.89. The number of benzene rings is 1. The first-order chi connectivity index (χ1) is 12.8. The largest absolute Gasteiger partial charge is 0.454 e. The van der Waals surface area contributed by atoms with Crippen LogP contribution >= 0.6 is 23.2 Å². The van der Waals surface area contributed by atoms with Crippen molar-refractivity contribution < 1.29 is 18.8 Å². The van der Waals surface area contributed by atoms with Crippen LogP contribution in [0.5, 0.6) is 0 Å². The van der Waals surface area contributed by atoms with E-state index in [9.17, 15) is 9.59 Å². The van der Waals surface area contributed by atoms with Crippen LogP contribution in [0.2, 0.25) is 10.0 Å². The number of nitrogens with zero attached hydrogens (tertiary/aromatic N) is 2. The number of rotatable bonds is 5. The molecule has 27 heavy (non-hydrogen) atoms. The molecule has 3 aromatic rings. The van der Waals surface area contributed by atoms with E-state index in [4.69, 9.17) is 32.5 Å². The molecule has 0 fully saturated rings. The molecule has 0 saturated heterocycles. The van der Waals surface area contributed by atoms with E-state index in [0.29, 0.717) is 27.9 Å². The molecule has 3 rings (SSSR count). The molecule has 1 aromatic carbocycles. The van der Waals surface area contributed by atoms with Crippen molar-refractivity contribution in [3.63, 3.8) is 0 Å². The van der Waals surface area contributed by atoms with Gasteiger partial charge >= 0.3 is 5.97 Å². The van der Waals surface area contributed by atoms with Gasteiger partial charge in [-0.1, -0.05) is 28.4 Å². The average molecular weight is 407 g/mol. The quantitative estimate of drug-likeness (QED) is 0.451. The van der Waals surface area contributed by atoms with E-state index in [2.05, 4.69) is 5.16 Å². The fraction of sp³-hybridized carbons (Fsp3) is 0.211. The summed E-state index contributed by atoms with van der Waals surface area (Å²) in [4.78, 5) is 24.7. The standard InChI is InChI=1S/C19H16Cl2N2O4/c1-10-6-14(12(3)23(10)18-7-11(2)27-22-18)17(24)9-26-19(25)13-4-5-15(20)16(21)8-13/h4-8H,9H2,1-3H3. The fourth-order valence-electron chi connectivity index (χ4n) is 2.77. The minimum atomic E-state index is -0.650. The molecule has 8 heteroatoms. The highest BCUT2D eigenvalue weighted by Crippen LogP contribution is 2.24. The first kappa shape index (κ1) is 19.2. The van der Waals surface area contributed by atoms with Gasteiger partial charge in [0.2, 0.25) is 5.78 Å². The van der Waals surface area contributed by atoms with Gasteiger partial charge in [0.1, 0.15) is 5.76 Å². The molecule has 0 radical (unpaired) electrons. The molecule has 0 aliphatic heterocycles. The predicted octanol–water partition coefficient (Wildman–Crippen LogP) is 4.74. The van der Waals surface area contributed by atoms with Gasteiger partial charge in [-0.3, -0.25) is 9.36 Å². The van der Waals surface area contributed by atoms with E-state index >= 15 is 0 Å². The lowest BCUT2D eigenvalue weighted by Gasteiger charge is -2.07. The molecule has 0 N–H and O–H groups in total. The molecule has 0 bridgehead atoms. The number of aromatic nitrogens is 2. The Bertz CT molecular complexity index is 1040. The Kier molecular flexibility index (Phi) is 5.39. The van der Waals surface area contributed by atoms with Crippen LogP contribution < -0.4 is 0 Å². The molecule has 0 unspecified atom stereocenters. The van der Waals surface area contributed by atoms with Crippen molar-refractivity contribution in [1.29, 1.82) is 0 Å². The zero-order valence-corrected chi connectivity index (χ0v) is 16.4. The van der Waals surface area contributed by atoms with Gasteiger partial charge in [0, 0.05) is 23.0 Å². The maximum absolute atomic E-state index is 12.5. The number of aryl methyl sites for hydroxylation is 2. The number of esters is 1. The Balaban J connectivity index is 1.75. The van der Waals surface area contributed by atoms with Crippen molar-refractivity contribution in [2.24, 2.45) is 0 Å². The summed E-state index contributed by atoms with van der Waals surface area (Å²) >= 11 is 11.7. The van der Waals surface area contributed by atoms with Crippen LogP contribution in [-0.4, -0.2) is 28.1 Å². The van der Waals surface area contributed by atoms with E-state index in [1.54, 1.807) is 26.0 Å². The van der Waals surface area contributed by atoms with Crippen LogP contribution in [0.4, 0.5) is 0 Å². The Hall–Kier alpha value is -2.57. The first-order valence-corrected chi connectivity index (χ1v) is 8.81. The number of carbonyl (C=O) groups excluding carboxylic acids is 2. The molecular formula is C19H16Cl2N2O4. The third-order valence-electron chi connectivity index (χ3n) is 4.07. The summed E-state index contributed by atoms with van der Waals surface area (Å²) in [5.74, 6) is 0.293. The smallest absolute Gasteiger partial charge is 0.338 e. The fourth-order valence-corrected chi connectivity index (χ4v) is 3.07. The minimum absolute atomic E-state index is 0.223. The second kappa shape index (κ2) is 7.58. The molecule has 140 valence electrons.